The summed E-state index contributed by atoms with van der Waals surface area (Å²) in [5, 5.41) is 13.8. The first-order chi connectivity index (χ1) is 14.9. The highest BCUT2D eigenvalue weighted by Gasteiger charge is 2.64. The molecule has 5 aliphatic rings. The van der Waals surface area contributed by atoms with Crippen molar-refractivity contribution in [3.8, 4) is 0 Å². The summed E-state index contributed by atoms with van der Waals surface area (Å²) < 4.78 is 0. The van der Waals surface area contributed by atoms with E-state index < -0.39 is 0 Å². The van der Waals surface area contributed by atoms with Crippen LogP contribution >= 0.6 is 0 Å². The Bertz CT molecular complexity index is 756. The summed E-state index contributed by atoms with van der Waals surface area (Å²) in [7, 11) is 0. The molecular weight excluding hydrogens is 386 g/mol. The zero-order chi connectivity index (χ0) is 21.8. The summed E-state index contributed by atoms with van der Waals surface area (Å²) in [6, 6.07) is 0. The molecule has 5 fully saturated rings. The van der Waals surface area contributed by atoms with Gasteiger partial charge < -0.3 is 10.4 Å². The van der Waals surface area contributed by atoms with Gasteiger partial charge in [0.2, 0.25) is 0 Å². The fourth-order valence-corrected chi connectivity index (χ4v) is 8.72. The Labute approximate surface area is 187 Å². The Kier molecular flexibility index (Phi) is 5.70. The average molecular weight is 428 g/mol. The number of Topliss-reactive ketones (excluding diaryl/α,β-unsaturated/α-hetero) is 2. The zero-order valence-electron chi connectivity index (χ0n) is 19.4. The molecule has 4 aliphatic carbocycles. The van der Waals surface area contributed by atoms with Crippen LogP contribution in [0, 0.1) is 52.3 Å². The quantitative estimate of drug-likeness (QED) is 0.664. The number of aliphatic hydroxyl groups excluding tert-OH is 1. The molecule has 1 heterocycles. The molecule has 0 aromatic heterocycles. The van der Waals surface area contributed by atoms with Gasteiger partial charge in [-0.2, -0.15) is 0 Å². The third-order valence-electron chi connectivity index (χ3n) is 10.7. The van der Waals surface area contributed by atoms with Gasteiger partial charge in [-0.15, -0.1) is 0 Å². The first kappa shape index (κ1) is 21.8. The van der Waals surface area contributed by atoms with Crippen molar-refractivity contribution in [3.63, 3.8) is 0 Å². The molecule has 0 radical (unpaired) electrons. The maximum atomic E-state index is 13.8. The number of carbonyl (C=O) groups excluding carboxylic acids is 2. The Balaban J connectivity index is 1.38. The maximum Gasteiger partial charge on any atom is 0.142 e. The second kappa shape index (κ2) is 8.09. The van der Waals surface area contributed by atoms with E-state index in [4.69, 9.17) is 0 Å². The Hall–Kier alpha value is -1.00. The first-order valence-electron chi connectivity index (χ1n) is 13.0. The lowest BCUT2D eigenvalue weighted by Crippen LogP contribution is -2.60. The van der Waals surface area contributed by atoms with E-state index in [1.807, 2.05) is 0 Å². The number of rotatable bonds is 3. The van der Waals surface area contributed by atoms with Crippen molar-refractivity contribution < 1.29 is 14.7 Å². The van der Waals surface area contributed by atoms with Crippen LogP contribution in [0.1, 0.15) is 71.6 Å². The van der Waals surface area contributed by atoms with Crippen LogP contribution in [0.3, 0.4) is 0 Å². The van der Waals surface area contributed by atoms with Gasteiger partial charge in [0.25, 0.3) is 0 Å². The topological polar surface area (TPSA) is 66.4 Å². The maximum absolute atomic E-state index is 13.8. The summed E-state index contributed by atoms with van der Waals surface area (Å²) in [5.41, 5.74) is -0.174. The molecule has 31 heavy (non-hydrogen) atoms. The Morgan fingerprint density at radius 3 is 2.42 bits per heavy atom. The monoisotopic (exact) mass is 427 g/mol. The van der Waals surface area contributed by atoms with E-state index in [-0.39, 0.29) is 41.1 Å². The molecule has 0 bridgehead atoms. The number of allylic oxidation sites excluding steroid dienone is 2. The number of aliphatic hydroxyl groups is 1. The van der Waals surface area contributed by atoms with Crippen LogP contribution in [0.25, 0.3) is 0 Å². The second-order valence-electron chi connectivity index (χ2n) is 12.0. The minimum atomic E-state index is -0.297. The van der Waals surface area contributed by atoms with Crippen LogP contribution in [0.15, 0.2) is 12.2 Å². The molecular formula is C27H41NO3. The summed E-state index contributed by atoms with van der Waals surface area (Å²) in [6.45, 7) is 6.77. The Morgan fingerprint density at radius 1 is 0.935 bits per heavy atom. The van der Waals surface area contributed by atoms with E-state index in [9.17, 15) is 14.7 Å². The summed E-state index contributed by atoms with van der Waals surface area (Å²) in [6.07, 6.45) is 14.2. The van der Waals surface area contributed by atoms with Crippen LogP contribution in [-0.4, -0.2) is 36.4 Å². The van der Waals surface area contributed by atoms with Crippen LogP contribution in [0.5, 0.6) is 0 Å². The van der Waals surface area contributed by atoms with Crippen LogP contribution in [0.4, 0.5) is 0 Å². The lowest BCUT2D eigenvalue weighted by Gasteiger charge is -2.61. The number of nitrogens with one attached hydrogen (secondary N) is 1. The molecule has 2 N–H and O–H groups in total. The van der Waals surface area contributed by atoms with Gasteiger partial charge in [0.1, 0.15) is 11.6 Å². The molecule has 5 rings (SSSR count). The van der Waals surface area contributed by atoms with Crippen LogP contribution in [0.2, 0.25) is 0 Å². The molecule has 4 heteroatoms. The minimum Gasteiger partial charge on any atom is -0.396 e. The average Bonchev–Trinajstić information content (AvgIpc) is 3.08. The molecule has 0 aromatic carbocycles. The normalized spacial score (nSPS) is 48.5. The summed E-state index contributed by atoms with van der Waals surface area (Å²) in [5.74, 6) is 2.53. The zero-order valence-corrected chi connectivity index (χ0v) is 19.4. The van der Waals surface area contributed by atoms with Crippen LogP contribution in [-0.2, 0) is 9.59 Å². The van der Waals surface area contributed by atoms with Crippen molar-refractivity contribution in [3.05, 3.63) is 12.2 Å². The minimum absolute atomic E-state index is 0.00886. The predicted octanol–water partition coefficient (Wildman–Crippen LogP) is 4.17. The van der Waals surface area contributed by atoms with E-state index >= 15 is 0 Å². The number of ketones is 2. The number of piperidine rings is 1. The van der Waals surface area contributed by atoms with Crippen molar-refractivity contribution in [2.75, 3.05) is 19.7 Å². The molecule has 1 aliphatic heterocycles. The number of fused-ring (bicyclic) bond motifs is 5. The van der Waals surface area contributed by atoms with Gasteiger partial charge >= 0.3 is 0 Å². The van der Waals surface area contributed by atoms with E-state index in [1.54, 1.807) is 0 Å². The number of carbonyl (C=O) groups is 2. The van der Waals surface area contributed by atoms with Crippen LogP contribution < -0.4 is 5.32 Å². The van der Waals surface area contributed by atoms with E-state index in [0.29, 0.717) is 35.7 Å². The second-order valence-corrected chi connectivity index (χ2v) is 12.0. The third kappa shape index (κ3) is 3.39. The van der Waals surface area contributed by atoms with Gasteiger partial charge in [0.05, 0.1) is 6.61 Å². The van der Waals surface area contributed by atoms with Crippen molar-refractivity contribution >= 4 is 11.6 Å². The molecule has 1 saturated heterocycles. The van der Waals surface area contributed by atoms with Crippen molar-refractivity contribution in [1.29, 1.82) is 0 Å². The number of hydrogen-bond donors (Lipinski definition) is 2. The lowest BCUT2D eigenvalue weighted by molar-refractivity contribution is -0.171. The predicted molar refractivity (Wildman–Crippen MR) is 121 cm³/mol. The largest absolute Gasteiger partial charge is 0.396 e. The molecule has 0 amide bonds. The number of hydrogen-bond acceptors (Lipinski definition) is 4. The molecule has 4 saturated carbocycles. The van der Waals surface area contributed by atoms with Crippen molar-refractivity contribution in [2.45, 2.75) is 71.6 Å². The standard InChI is InChI=1S/C27H41NO3/c1-26-11-7-18(4-3-17-9-13-28-14-10-17)15-22(26)19(16-29)25(31)24-20-5-6-23(30)27(20,2)12-8-21(24)26/h3-4,17-22,24,28-29H,5-16H2,1-2H3/b4-3-/t18-,19-,20+,21+,22?,24+,26-,27+/m1/s1. The van der Waals surface area contributed by atoms with Crippen molar-refractivity contribution in [2.24, 2.45) is 52.3 Å². The molecule has 0 aromatic rings. The van der Waals surface area contributed by atoms with Gasteiger partial charge in [-0.1, -0.05) is 26.0 Å². The Morgan fingerprint density at radius 2 is 1.68 bits per heavy atom. The lowest BCUT2D eigenvalue weighted by atomic mass is 9.42. The molecule has 172 valence electrons. The third-order valence-corrected chi connectivity index (χ3v) is 10.7. The summed E-state index contributed by atoms with van der Waals surface area (Å²) in [4.78, 5) is 26.5. The SMILES string of the molecule is C[C@]12CC[C@@H](/C=C\C3CCNCC3)CC1[C@@H](CO)C(=O)[C@@H]1[C@@H]2CC[C@]2(C)C(=O)CC[C@@H]12. The fourth-order valence-electron chi connectivity index (χ4n) is 8.72. The first-order valence-corrected chi connectivity index (χ1v) is 13.0. The highest BCUT2D eigenvalue weighted by Crippen LogP contribution is 2.66. The van der Waals surface area contributed by atoms with Crippen molar-refractivity contribution in [1.82, 2.24) is 5.32 Å². The molecule has 8 atom stereocenters. The molecule has 1 unspecified atom stereocenters. The van der Waals surface area contributed by atoms with E-state index in [2.05, 4.69) is 31.3 Å². The molecule has 0 spiro atoms. The van der Waals surface area contributed by atoms with Gasteiger partial charge in [0, 0.05) is 23.7 Å². The summed E-state index contributed by atoms with van der Waals surface area (Å²) >= 11 is 0. The van der Waals surface area contributed by atoms with Gasteiger partial charge in [-0.25, -0.2) is 0 Å². The van der Waals surface area contributed by atoms with E-state index in [1.165, 1.54) is 19.3 Å². The highest BCUT2D eigenvalue weighted by atomic mass is 16.3. The van der Waals surface area contributed by atoms with Gasteiger partial charge in [0.15, 0.2) is 0 Å². The fraction of sp³-hybridized carbons (Fsp3) is 0.852. The van der Waals surface area contributed by atoms with Gasteiger partial charge in [-0.05, 0) is 99.5 Å². The highest BCUT2D eigenvalue weighted by molar-refractivity contribution is 5.91. The van der Waals surface area contributed by atoms with E-state index in [0.717, 1.165) is 45.2 Å². The smallest absolute Gasteiger partial charge is 0.142 e. The van der Waals surface area contributed by atoms with Gasteiger partial charge in [-0.3, -0.25) is 9.59 Å². The molecule has 4 nitrogen and oxygen atoms in total.